The molecule has 73 heavy (non-hydrogen) atoms. The zero-order valence-electron chi connectivity index (χ0n) is 44.1. The van der Waals surface area contributed by atoms with Crippen molar-refractivity contribution in [2.45, 2.75) is 161 Å². The van der Waals surface area contributed by atoms with Crippen molar-refractivity contribution in [2.75, 3.05) is 0 Å². The molecule has 0 atom stereocenters. The van der Waals surface area contributed by atoms with Crippen LogP contribution in [0.1, 0.15) is 178 Å². The van der Waals surface area contributed by atoms with Crippen LogP contribution in [0.25, 0.3) is 21.5 Å². The Morgan fingerprint density at radius 2 is 0.589 bits per heavy atom. The Morgan fingerprint density at radius 3 is 0.890 bits per heavy atom. The quantitative estimate of drug-likeness (QED) is 0.141. The molecule has 4 aromatic carbocycles. The fraction of sp³-hybridized carbons (Fsp3) is 0.439. The van der Waals surface area contributed by atoms with E-state index in [1.165, 1.54) is 20.3 Å². The van der Waals surface area contributed by atoms with Crippen molar-refractivity contribution in [3.63, 3.8) is 0 Å². The molecule has 0 saturated carbocycles. The Kier molecular flexibility index (Phi) is 6.78. The minimum absolute atomic E-state index is 0.671. The summed E-state index contributed by atoms with van der Waals surface area (Å²) < 4.78 is 9.13. The summed E-state index contributed by atoms with van der Waals surface area (Å²) in [5, 5.41) is 65.6. The van der Waals surface area contributed by atoms with Gasteiger partial charge in [-0.15, -0.1) is 50.2 Å². The smallest absolute Gasteiger partial charge is 0.192 e. The summed E-state index contributed by atoms with van der Waals surface area (Å²) in [7, 11) is 0. The lowest BCUT2D eigenvalue weighted by Crippen LogP contribution is -2.71. The number of aliphatic imine (C=N–C) groups is 2. The predicted octanol–water partition coefficient (Wildman–Crippen LogP) is 8.23. The summed E-state index contributed by atoms with van der Waals surface area (Å²) in [4.78, 5) is 23.2. The number of fused-ring (bicyclic) bond motifs is 16. The summed E-state index contributed by atoms with van der Waals surface area (Å²) in [5.74, 6) is 2.66. The number of nitrogens with zero attached hydrogens (tertiary/aromatic N) is 12. The lowest BCUT2D eigenvalue weighted by atomic mass is 9.87. The SMILES string of the molecule is CC1(C)c2cc3c(cc2C(C)(C)N1[O])C1=[N+]2C3=Nc3c4cc5c(cc4c4n3C23n2c(c6cc7c(cc6c2=NC2=[N+]3C(=N4)c3cc4c(cc32)C(C)(C)N([O])C4(C)C)C(C)(C)N([O])C7(C)C)=N1)C(C)(C)N([O])C5(C)C. The summed E-state index contributed by atoms with van der Waals surface area (Å²) >= 11 is 0. The third-order valence-corrected chi connectivity index (χ3v) is 19.6. The Balaban J connectivity index is 1.14. The van der Waals surface area contributed by atoms with Crippen LogP contribution in [0.15, 0.2) is 68.5 Å². The molecule has 0 N–H and O–H groups in total. The number of benzene rings is 4. The van der Waals surface area contributed by atoms with E-state index in [1.54, 1.807) is 0 Å². The van der Waals surface area contributed by atoms with Gasteiger partial charge in [-0.05, 0) is 204 Å². The highest BCUT2D eigenvalue weighted by atomic mass is 16.5. The van der Waals surface area contributed by atoms with Gasteiger partial charge in [-0.3, -0.25) is 0 Å². The van der Waals surface area contributed by atoms with Crippen LogP contribution in [0.5, 0.6) is 0 Å². The normalized spacial score (nSPS) is 25.8. The van der Waals surface area contributed by atoms with Gasteiger partial charge in [-0.1, -0.05) is 20.0 Å². The van der Waals surface area contributed by atoms with E-state index in [9.17, 15) is 20.8 Å². The van der Waals surface area contributed by atoms with Crippen molar-refractivity contribution in [3.8, 4) is 0 Å². The molecule has 0 aliphatic carbocycles. The van der Waals surface area contributed by atoms with E-state index in [-0.39, 0.29) is 0 Å². The van der Waals surface area contributed by atoms with E-state index in [0.717, 1.165) is 88.3 Å². The molecule has 1 spiro atoms. The fourth-order valence-corrected chi connectivity index (χ4v) is 16.0. The highest BCUT2D eigenvalue weighted by molar-refractivity contribution is 6.21. The molecule has 0 fully saturated rings. The van der Waals surface area contributed by atoms with Crippen LogP contribution in [-0.2, 0) is 71.1 Å². The van der Waals surface area contributed by atoms with Gasteiger partial charge in [-0.2, -0.15) is 9.13 Å². The summed E-state index contributed by atoms with van der Waals surface area (Å²) in [6.07, 6.45) is 0. The number of hydrogen-bond donors (Lipinski definition) is 0. The summed E-state index contributed by atoms with van der Waals surface area (Å²) in [6.45, 7) is 31.9. The molecule has 366 valence electrons. The topological polar surface area (TPSA) is 158 Å². The maximum Gasteiger partial charge on any atom is 0.404 e. The standard InChI is InChI=1S/C57H56N12O4/c1-49(2)33-17-25-26(18-34(33)50(3,4)66(49)70)42-59-44-29-21-37-38(54(11,12)68(72)53(37,9)10)22-30(29)46-61-48-32-24-40-39(55(13,14)69(73)56(40,15)16)23-31(32)47-60-45-28-20-36-35(51(5,6)67(71)52(36,7)8)19-27(28)43-58-41(25)62(42)57(63(43)45,64(44)46)65(47)48/h17-24H,1-16H3/q+2. The molecule has 10 aliphatic rings. The van der Waals surface area contributed by atoms with Gasteiger partial charge in [0.05, 0.1) is 66.6 Å². The zero-order chi connectivity index (χ0) is 51.5. The van der Waals surface area contributed by atoms with Crippen molar-refractivity contribution >= 4 is 56.5 Å². The molecular formula is C57H56N12O4+2. The second-order valence-corrected chi connectivity index (χ2v) is 26.4. The van der Waals surface area contributed by atoms with Crippen molar-refractivity contribution in [1.82, 2.24) is 29.4 Å². The first-order chi connectivity index (χ1) is 33.9. The van der Waals surface area contributed by atoms with Crippen LogP contribution in [0, 0.1) is 0 Å². The maximum atomic E-state index is 14.3. The Labute approximate surface area is 421 Å². The predicted molar refractivity (Wildman–Crippen MR) is 268 cm³/mol. The first-order valence-electron chi connectivity index (χ1n) is 25.6. The van der Waals surface area contributed by atoms with E-state index in [0.29, 0.717) is 46.0 Å². The summed E-state index contributed by atoms with van der Waals surface area (Å²) in [6, 6.07) is 17.4. The Morgan fingerprint density at radius 1 is 0.329 bits per heavy atom. The molecule has 10 aliphatic heterocycles. The molecule has 12 heterocycles. The van der Waals surface area contributed by atoms with Gasteiger partial charge >= 0.3 is 5.91 Å². The molecule has 16 heteroatoms. The van der Waals surface area contributed by atoms with Crippen molar-refractivity contribution in [1.29, 1.82) is 0 Å². The van der Waals surface area contributed by atoms with Gasteiger partial charge in [-0.25, -0.2) is 0 Å². The van der Waals surface area contributed by atoms with E-state index < -0.39 is 50.2 Å². The maximum absolute atomic E-state index is 14.3. The average Bonchev–Trinajstić information content (AvgIpc) is 4.13. The molecular weight excluding hydrogens is 917 g/mol. The Bertz CT molecular complexity index is 3930. The first-order valence-corrected chi connectivity index (χ1v) is 25.6. The lowest BCUT2D eigenvalue weighted by molar-refractivity contribution is -0.790. The van der Waals surface area contributed by atoms with Gasteiger partial charge < -0.3 is 0 Å². The summed E-state index contributed by atoms with van der Waals surface area (Å²) in [5.41, 5.74) is 5.39. The molecule has 16 rings (SSSR count). The first kappa shape index (κ1) is 43.3. The molecule has 16 nitrogen and oxygen atoms in total. The largest absolute Gasteiger partial charge is 0.404 e. The van der Waals surface area contributed by atoms with Crippen LogP contribution < -0.4 is 11.0 Å². The van der Waals surface area contributed by atoms with Crippen molar-refractivity contribution in [2.24, 2.45) is 20.0 Å². The van der Waals surface area contributed by atoms with Crippen LogP contribution in [0.3, 0.4) is 0 Å². The van der Waals surface area contributed by atoms with Gasteiger partial charge in [0.15, 0.2) is 0 Å². The van der Waals surface area contributed by atoms with Crippen LogP contribution in [0.4, 0.5) is 11.6 Å². The van der Waals surface area contributed by atoms with Gasteiger partial charge in [0.25, 0.3) is 23.3 Å². The van der Waals surface area contributed by atoms with E-state index >= 15 is 0 Å². The second kappa shape index (κ2) is 11.4. The third-order valence-electron chi connectivity index (χ3n) is 19.6. The molecule has 0 saturated heterocycles. The van der Waals surface area contributed by atoms with Crippen LogP contribution >= 0.6 is 0 Å². The molecule has 4 radical (unpaired) electrons. The average molecular weight is 973 g/mol. The molecule has 0 amide bonds. The highest BCUT2D eigenvalue weighted by Crippen LogP contribution is 2.59. The number of amidine groups is 4. The second-order valence-electron chi connectivity index (χ2n) is 26.4. The fourth-order valence-electron chi connectivity index (χ4n) is 16.0. The minimum atomic E-state index is -1.37. The molecule has 6 aromatic rings. The van der Waals surface area contributed by atoms with Crippen molar-refractivity contribution in [3.05, 3.63) is 126 Å². The van der Waals surface area contributed by atoms with Gasteiger partial charge in [0.1, 0.15) is 0 Å². The van der Waals surface area contributed by atoms with E-state index in [4.69, 9.17) is 20.0 Å². The Hall–Kier alpha value is -6.08. The van der Waals surface area contributed by atoms with E-state index in [1.807, 2.05) is 111 Å². The highest BCUT2D eigenvalue weighted by Gasteiger charge is 2.71. The monoisotopic (exact) mass is 972 g/mol. The number of aromatic nitrogens is 2. The van der Waals surface area contributed by atoms with Gasteiger partial charge in [0.2, 0.25) is 22.6 Å². The minimum Gasteiger partial charge on any atom is -0.192 e. The van der Waals surface area contributed by atoms with Gasteiger partial charge in [0, 0.05) is 21.5 Å². The third kappa shape index (κ3) is 4.05. The van der Waals surface area contributed by atoms with Crippen LogP contribution in [0.2, 0.25) is 0 Å². The van der Waals surface area contributed by atoms with Crippen molar-refractivity contribution < 1.29 is 30.0 Å². The lowest BCUT2D eigenvalue weighted by Gasteiger charge is -2.40. The molecule has 0 bridgehead atoms. The molecule has 0 unspecified atom stereocenters. The number of hydrogen-bond acceptors (Lipinski definition) is 8. The molecule has 2 aromatic heterocycles. The number of hydroxylamine groups is 8. The van der Waals surface area contributed by atoms with Crippen LogP contribution in [-0.4, -0.2) is 61.9 Å². The van der Waals surface area contributed by atoms with E-state index in [2.05, 4.69) is 66.8 Å². The zero-order valence-corrected chi connectivity index (χ0v) is 44.1. The number of rotatable bonds is 0.